The second kappa shape index (κ2) is 17.2. The zero-order chi connectivity index (χ0) is 42.0. The van der Waals surface area contributed by atoms with Crippen LogP contribution in [0.15, 0.2) is 64.1 Å². The van der Waals surface area contributed by atoms with Gasteiger partial charge in [-0.15, -0.1) is 11.8 Å². The predicted molar refractivity (Wildman–Crippen MR) is 204 cm³/mol. The molecule has 20 nitrogen and oxygen atoms in total. The first-order chi connectivity index (χ1) is 27.5. The number of aliphatic carboxylic acids is 1. The van der Waals surface area contributed by atoms with E-state index in [4.69, 9.17) is 9.47 Å². The molecule has 3 fully saturated rings. The monoisotopic (exact) mass is 823 g/mol. The Labute approximate surface area is 335 Å². The van der Waals surface area contributed by atoms with Crippen LogP contribution in [-0.4, -0.2) is 132 Å². The number of nitrogens with zero attached hydrogens (tertiary/aromatic N) is 7. The molecule has 0 saturated carbocycles. The normalized spacial score (nSPS) is 24.7. The molecule has 58 heavy (non-hydrogen) atoms. The summed E-state index contributed by atoms with van der Waals surface area (Å²) >= 11 is 1.19. The van der Waals surface area contributed by atoms with E-state index in [1.54, 1.807) is 16.7 Å². The molecule has 0 radical (unpaired) electrons. The van der Waals surface area contributed by atoms with Crippen molar-refractivity contribution in [2.75, 3.05) is 26.2 Å². The van der Waals surface area contributed by atoms with Crippen LogP contribution in [0, 0.1) is 32.1 Å². The molecule has 7 atom stereocenters. The fraction of sp³-hybridized carbons (Fsp3) is 0.459. The topological polar surface area (TPSA) is 256 Å². The van der Waals surface area contributed by atoms with Crippen LogP contribution < -0.4 is 0 Å². The molecule has 0 spiro atoms. The van der Waals surface area contributed by atoms with Gasteiger partial charge in [0.1, 0.15) is 25.0 Å². The van der Waals surface area contributed by atoms with Crippen molar-refractivity contribution in [1.29, 1.82) is 0 Å². The number of likely N-dealkylation sites (tertiary alicyclic amines) is 1. The van der Waals surface area contributed by atoms with Crippen LogP contribution in [0.1, 0.15) is 38.3 Å². The van der Waals surface area contributed by atoms with Gasteiger partial charge in [0.05, 0.1) is 34.2 Å². The number of ether oxygens (including phenoxy) is 2. The van der Waals surface area contributed by atoms with Gasteiger partial charge in [-0.25, -0.2) is 14.4 Å². The first kappa shape index (κ1) is 41.5. The summed E-state index contributed by atoms with van der Waals surface area (Å²) in [6, 6.07) is 9.13. The number of aliphatic hydroxyl groups excluding tert-OH is 1. The molecule has 3 saturated heterocycles. The van der Waals surface area contributed by atoms with Crippen LogP contribution in [0.4, 0.5) is 21.0 Å². The number of aliphatic imine (C=N–C) groups is 1. The first-order valence-corrected chi connectivity index (χ1v) is 19.2. The minimum Gasteiger partial charge on any atom is -0.477 e. The highest BCUT2D eigenvalue weighted by atomic mass is 32.2. The number of carboxylic acids is 1. The van der Waals surface area contributed by atoms with E-state index in [1.807, 2.05) is 6.92 Å². The van der Waals surface area contributed by atoms with Crippen molar-refractivity contribution in [3.05, 3.63) is 90.5 Å². The van der Waals surface area contributed by atoms with Gasteiger partial charge in [0.15, 0.2) is 0 Å². The highest BCUT2D eigenvalue weighted by molar-refractivity contribution is 8.03. The summed E-state index contributed by atoms with van der Waals surface area (Å²) in [6.07, 6.45) is -1.22. The number of rotatable bonds is 12. The fourth-order valence-electron chi connectivity index (χ4n) is 7.69. The third-order valence-electron chi connectivity index (χ3n) is 10.7. The number of hydrogen-bond acceptors (Lipinski definition) is 13. The average molecular weight is 824 g/mol. The van der Waals surface area contributed by atoms with E-state index < -0.39 is 69.2 Å². The first-order valence-electron chi connectivity index (χ1n) is 18.4. The molecule has 2 aromatic rings. The van der Waals surface area contributed by atoms with Crippen molar-refractivity contribution in [2.45, 2.75) is 69.9 Å². The Morgan fingerprint density at radius 3 is 2.07 bits per heavy atom. The number of nitro groups is 2. The number of amides is 4. The molecule has 0 aliphatic carbocycles. The van der Waals surface area contributed by atoms with Crippen LogP contribution >= 0.6 is 11.8 Å². The largest absolute Gasteiger partial charge is 0.477 e. The summed E-state index contributed by atoms with van der Waals surface area (Å²) in [5.74, 6) is -3.34. The lowest BCUT2D eigenvalue weighted by atomic mass is 9.79. The molecule has 0 aromatic heterocycles. The lowest BCUT2D eigenvalue weighted by Crippen LogP contribution is -2.63. The molecule has 0 bridgehead atoms. The van der Waals surface area contributed by atoms with E-state index >= 15 is 0 Å². The average Bonchev–Trinajstić information content (AvgIpc) is 3.72. The Morgan fingerprint density at radius 2 is 1.53 bits per heavy atom. The second-order valence-electron chi connectivity index (χ2n) is 14.5. The van der Waals surface area contributed by atoms with Crippen molar-refractivity contribution >= 4 is 59.4 Å². The van der Waals surface area contributed by atoms with Crippen molar-refractivity contribution in [2.24, 2.45) is 16.8 Å². The van der Waals surface area contributed by atoms with Gasteiger partial charge in [-0.2, -0.15) is 4.99 Å². The molecule has 21 heteroatoms. The minimum absolute atomic E-state index is 0.00585. The van der Waals surface area contributed by atoms with Gasteiger partial charge in [-0.05, 0) is 55.7 Å². The standard InChI is InChI=1S/C37H41N7O13S/c1-20-15-39(12-13-40(20)19-38-36(50)56-17-23-4-8-25(9-5-23)43(52)53)33(46)28-14-27(16-41(28)37(51)57-18-24-6-10-26(11-7-24)44(54)55)58-32-21(2)30-29(22(3)45)34(47)42(30)31(32)35(48)49/h4-11,19-22,27-30,45H,12-18H2,1-3H3,(H,48,49)/t20-,21+,22+,27-,28-,29+,30+/m0/s1. The Hall–Kier alpha value is -6.09. The molecule has 4 aliphatic rings. The summed E-state index contributed by atoms with van der Waals surface area (Å²) in [4.78, 5) is 96.6. The van der Waals surface area contributed by atoms with Gasteiger partial charge < -0.3 is 34.4 Å². The predicted octanol–water partition coefficient (Wildman–Crippen LogP) is 3.37. The summed E-state index contributed by atoms with van der Waals surface area (Å²) in [5.41, 5.74) is 0.608. The van der Waals surface area contributed by atoms with E-state index in [0.717, 1.165) is 0 Å². The SMILES string of the molecule is C[C@@H](O)[C@H]1C(=O)N2C(C(=O)O)=C(S[C@H]3C[C@@H](C(=O)N4CCN(C=NC(=O)OCc5ccc([N+](=O)[O-])cc5)[C@@H](C)C4)N(C(=O)OCc4ccc([N+](=O)[O-])cc4)C3)[C@H](C)[C@H]12. The van der Waals surface area contributed by atoms with E-state index in [2.05, 4.69) is 4.99 Å². The number of benzene rings is 2. The molecule has 0 unspecified atom stereocenters. The van der Waals surface area contributed by atoms with Crippen LogP contribution in [0.5, 0.6) is 0 Å². The third kappa shape index (κ3) is 8.59. The molecule has 2 aromatic carbocycles. The zero-order valence-corrected chi connectivity index (χ0v) is 32.4. The maximum atomic E-state index is 14.2. The summed E-state index contributed by atoms with van der Waals surface area (Å²) in [7, 11) is 0. The van der Waals surface area contributed by atoms with Crippen LogP contribution in [0.25, 0.3) is 0 Å². The zero-order valence-electron chi connectivity index (χ0n) is 31.6. The molecular weight excluding hydrogens is 783 g/mol. The van der Waals surface area contributed by atoms with Gasteiger partial charge in [-0.1, -0.05) is 6.92 Å². The van der Waals surface area contributed by atoms with Crippen molar-refractivity contribution in [1.82, 2.24) is 19.6 Å². The molecular formula is C37H41N7O13S. The highest BCUT2D eigenvalue weighted by Crippen LogP contribution is 2.52. The number of carbonyl (C=O) groups is 5. The molecule has 308 valence electrons. The molecule has 2 N–H and O–H groups in total. The smallest absolute Gasteiger partial charge is 0.435 e. The van der Waals surface area contributed by atoms with Gasteiger partial charge in [0.2, 0.25) is 11.8 Å². The van der Waals surface area contributed by atoms with Crippen LogP contribution in [0.2, 0.25) is 0 Å². The number of hydrogen-bond donors (Lipinski definition) is 2. The number of carbonyl (C=O) groups excluding carboxylic acids is 4. The van der Waals surface area contributed by atoms with Crippen molar-refractivity contribution in [3.63, 3.8) is 0 Å². The number of thioether (sulfide) groups is 1. The maximum Gasteiger partial charge on any atom is 0.435 e. The van der Waals surface area contributed by atoms with Crippen molar-refractivity contribution < 1.29 is 53.5 Å². The second-order valence-corrected chi connectivity index (χ2v) is 15.8. The number of fused-ring (bicyclic) bond motifs is 1. The van der Waals surface area contributed by atoms with E-state index in [1.165, 1.54) is 83.4 Å². The number of aliphatic hydroxyl groups is 1. The number of non-ortho nitro benzene ring substituents is 2. The van der Waals surface area contributed by atoms with Gasteiger partial charge in [-0.3, -0.25) is 34.7 Å². The summed E-state index contributed by atoms with van der Waals surface area (Å²) in [5, 5.41) is 41.9. The Kier molecular flexibility index (Phi) is 12.3. The van der Waals surface area contributed by atoms with E-state index in [-0.39, 0.29) is 74.8 Å². The van der Waals surface area contributed by atoms with E-state index in [9.17, 15) is 54.4 Å². The quantitative estimate of drug-likeness (QED) is 0.102. The highest BCUT2D eigenvalue weighted by Gasteiger charge is 2.60. The number of nitro benzene ring substituents is 2. The van der Waals surface area contributed by atoms with Gasteiger partial charge in [0, 0.05) is 72.6 Å². The van der Waals surface area contributed by atoms with Crippen LogP contribution in [-0.2, 0) is 37.1 Å². The van der Waals surface area contributed by atoms with Crippen LogP contribution in [0.3, 0.4) is 0 Å². The lowest BCUT2D eigenvalue weighted by Gasteiger charge is -2.46. The fourth-order valence-corrected chi connectivity index (χ4v) is 9.21. The molecule has 6 rings (SSSR count). The number of piperazine rings is 1. The Bertz CT molecular complexity index is 2040. The molecule has 4 amide bonds. The van der Waals surface area contributed by atoms with Crippen molar-refractivity contribution in [3.8, 4) is 0 Å². The number of carboxylic acid groups (broad SMARTS) is 1. The van der Waals surface area contributed by atoms with Gasteiger partial charge >= 0.3 is 18.2 Å². The Balaban J connectivity index is 1.12. The molecule has 4 aliphatic heterocycles. The number of β-lactam (4-membered cyclic amide) rings is 1. The molecule has 4 heterocycles. The maximum absolute atomic E-state index is 14.2. The minimum atomic E-state index is -1.30. The summed E-state index contributed by atoms with van der Waals surface area (Å²) < 4.78 is 10.7. The van der Waals surface area contributed by atoms with Gasteiger partial charge in [0.25, 0.3) is 11.4 Å². The third-order valence-corrected chi connectivity index (χ3v) is 12.2. The van der Waals surface area contributed by atoms with E-state index in [0.29, 0.717) is 16.0 Å². The summed E-state index contributed by atoms with van der Waals surface area (Å²) in [6.45, 7) is 5.41. The lowest BCUT2D eigenvalue weighted by molar-refractivity contribution is -0.385. The Morgan fingerprint density at radius 1 is 0.948 bits per heavy atom.